The zero-order valence-corrected chi connectivity index (χ0v) is 14.4. The number of hydrogen-bond acceptors (Lipinski definition) is 4. The number of piperazine rings is 1. The lowest BCUT2D eigenvalue weighted by Gasteiger charge is -2.37. The second-order valence-corrected chi connectivity index (χ2v) is 7.22. The van der Waals surface area contributed by atoms with Gasteiger partial charge in [-0.25, -0.2) is 9.50 Å². The molecule has 2 fully saturated rings. The first-order valence-electron chi connectivity index (χ1n) is 9.21. The molecular formula is C20H23N5. The van der Waals surface area contributed by atoms with Crippen LogP contribution in [0.2, 0.25) is 0 Å². The molecule has 0 amide bonds. The van der Waals surface area contributed by atoms with Gasteiger partial charge in [0.1, 0.15) is 0 Å². The second kappa shape index (κ2) is 6.24. The maximum atomic E-state index is 4.71. The van der Waals surface area contributed by atoms with Crippen molar-refractivity contribution in [2.45, 2.75) is 25.4 Å². The van der Waals surface area contributed by atoms with Crippen LogP contribution in [0.25, 0.3) is 16.8 Å². The number of aromatic nitrogens is 3. The first-order valence-corrected chi connectivity index (χ1v) is 9.21. The lowest BCUT2D eigenvalue weighted by Crippen LogP contribution is -2.49. The molecule has 2 aromatic heterocycles. The first-order chi connectivity index (χ1) is 12.4. The van der Waals surface area contributed by atoms with E-state index in [0.717, 1.165) is 35.9 Å². The molecule has 5 heteroatoms. The topological polar surface area (TPSA) is 36.7 Å². The molecule has 1 aromatic carbocycles. The highest BCUT2D eigenvalue weighted by Gasteiger charge is 2.30. The maximum absolute atomic E-state index is 4.71. The van der Waals surface area contributed by atoms with E-state index in [9.17, 15) is 0 Å². The van der Waals surface area contributed by atoms with Gasteiger partial charge in [0.15, 0.2) is 5.65 Å². The molecule has 0 bridgehead atoms. The van der Waals surface area contributed by atoms with Crippen molar-refractivity contribution in [2.24, 2.45) is 0 Å². The van der Waals surface area contributed by atoms with Crippen LogP contribution < -0.4 is 0 Å². The summed E-state index contributed by atoms with van der Waals surface area (Å²) >= 11 is 0. The molecule has 5 rings (SSSR count). The van der Waals surface area contributed by atoms with Crippen molar-refractivity contribution in [3.8, 4) is 11.1 Å². The van der Waals surface area contributed by atoms with Crippen molar-refractivity contribution >= 4 is 5.65 Å². The van der Waals surface area contributed by atoms with E-state index < -0.39 is 0 Å². The van der Waals surface area contributed by atoms with Gasteiger partial charge in [-0.3, -0.25) is 9.80 Å². The van der Waals surface area contributed by atoms with Gasteiger partial charge in [0.2, 0.25) is 0 Å². The third-order valence-corrected chi connectivity index (χ3v) is 5.57. The maximum Gasteiger partial charge on any atom is 0.162 e. The smallest absolute Gasteiger partial charge is 0.162 e. The molecule has 2 aliphatic heterocycles. The highest BCUT2D eigenvalue weighted by Crippen LogP contribution is 2.24. The third kappa shape index (κ3) is 2.83. The Labute approximate surface area is 147 Å². The van der Waals surface area contributed by atoms with E-state index in [-0.39, 0.29) is 0 Å². The summed E-state index contributed by atoms with van der Waals surface area (Å²) in [5, 5.41) is 4.53. The van der Waals surface area contributed by atoms with Gasteiger partial charge in [0, 0.05) is 55.7 Å². The van der Waals surface area contributed by atoms with Crippen LogP contribution in [0, 0.1) is 0 Å². The normalized spacial score (nSPS) is 21.7. The predicted molar refractivity (Wildman–Crippen MR) is 98.3 cm³/mol. The van der Waals surface area contributed by atoms with Gasteiger partial charge in [-0.05, 0) is 24.9 Å². The molecule has 0 N–H and O–H groups in total. The van der Waals surface area contributed by atoms with Gasteiger partial charge in [0.25, 0.3) is 0 Å². The van der Waals surface area contributed by atoms with Crippen LogP contribution in [-0.4, -0.2) is 56.6 Å². The van der Waals surface area contributed by atoms with Crippen molar-refractivity contribution in [2.75, 3.05) is 26.2 Å². The molecule has 128 valence electrons. The summed E-state index contributed by atoms with van der Waals surface area (Å²) in [6.45, 7) is 5.81. The SMILES string of the molecule is c1ccc(-c2cnn3cc(CN4CCN5CCC[C@@H]5C4)cnc23)cc1. The zero-order chi connectivity index (χ0) is 16.6. The van der Waals surface area contributed by atoms with Crippen LogP contribution in [0.4, 0.5) is 0 Å². The van der Waals surface area contributed by atoms with E-state index in [1.54, 1.807) is 0 Å². The summed E-state index contributed by atoms with van der Waals surface area (Å²) in [7, 11) is 0. The molecule has 4 heterocycles. The molecule has 2 aliphatic rings. The van der Waals surface area contributed by atoms with E-state index in [1.165, 1.54) is 38.0 Å². The average Bonchev–Trinajstić information content (AvgIpc) is 3.28. The highest BCUT2D eigenvalue weighted by atomic mass is 15.3. The largest absolute Gasteiger partial charge is 0.298 e. The monoisotopic (exact) mass is 333 g/mol. The minimum absolute atomic E-state index is 0.764. The molecule has 0 radical (unpaired) electrons. The molecule has 0 unspecified atom stereocenters. The summed E-state index contributed by atoms with van der Waals surface area (Å²) in [5.74, 6) is 0. The molecule has 0 saturated carbocycles. The summed E-state index contributed by atoms with van der Waals surface area (Å²) < 4.78 is 1.92. The fourth-order valence-electron chi connectivity index (χ4n) is 4.27. The van der Waals surface area contributed by atoms with E-state index in [4.69, 9.17) is 4.98 Å². The second-order valence-electron chi connectivity index (χ2n) is 7.22. The number of nitrogens with zero attached hydrogens (tertiary/aromatic N) is 5. The Bertz CT molecular complexity index is 872. The molecule has 0 spiro atoms. The lowest BCUT2D eigenvalue weighted by molar-refractivity contribution is 0.0992. The molecule has 5 nitrogen and oxygen atoms in total. The standard InChI is InChI=1S/C20H23N5/c1-2-5-17(6-3-1)19-12-22-25-14-16(11-21-20(19)25)13-23-9-10-24-8-4-7-18(24)15-23/h1-3,5-6,11-12,14,18H,4,7-10,13,15H2/t18-/m1/s1. The Kier molecular flexibility index (Phi) is 3.76. The Morgan fingerprint density at radius 2 is 1.96 bits per heavy atom. The van der Waals surface area contributed by atoms with Crippen molar-refractivity contribution in [3.05, 3.63) is 54.5 Å². The van der Waals surface area contributed by atoms with Crippen LogP contribution in [0.5, 0.6) is 0 Å². The summed E-state index contributed by atoms with van der Waals surface area (Å²) in [6, 6.07) is 11.1. The van der Waals surface area contributed by atoms with Crippen LogP contribution in [0.1, 0.15) is 18.4 Å². The van der Waals surface area contributed by atoms with Gasteiger partial charge in [0.05, 0.1) is 6.20 Å². The minimum Gasteiger partial charge on any atom is -0.298 e. The number of hydrogen-bond donors (Lipinski definition) is 0. The van der Waals surface area contributed by atoms with Crippen LogP contribution >= 0.6 is 0 Å². The molecule has 2 saturated heterocycles. The Balaban J connectivity index is 1.37. The fraction of sp³-hybridized carbons (Fsp3) is 0.400. The Morgan fingerprint density at radius 1 is 1.04 bits per heavy atom. The van der Waals surface area contributed by atoms with Crippen LogP contribution in [0.15, 0.2) is 48.9 Å². The van der Waals surface area contributed by atoms with Crippen molar-refractivity contribution < 1.29 is 0 Å². The lowest BCUT2D eigenvalue weighted by atomic mass is 10.1. The van der Waals surface area contributed by atoms with Crippen molar-refractivity contribution in [1.82, 2.24) is 24.4 Å². The van der Waals surface area contributed by atoms with Gasteiger partial charge >= 0.3 is 0 Å². The number of benzene rings is 1. The Hall–Kier alpha value is -2.24. The predicted octanol–water partition coefficient (Wildman–Crippen LogP) is 2.68. The van der Waals surface area contributed by atoms with Crippen LogP contribution in [0.3, 0.4) is 0 Å². The molecule has 25 heavy (non-hydrogen) atoms. The van der Waals surface area contributed by atoms with Gasteiger partial charge < -0.3 is 0 Å². The van der Waals surface area contributed by atoms with E-state index >= 15 is 0 Å². The number of fused-ring (bicyclic) bond motifs is 2. The van der Waals surface area contributed by atoms with Crippen molar-refractivity contribution in [3.63, 3.8) is 0 Å². The zero-order valence-electron chi connectivity index (χ0n) is 14.4. The molecule has 0 aliphatic carbocycles. The summed E-state index contributed by atoms with van der Waals surface area (Å²) in [6.07, 6.45) is 8.79. The molecular weight excluding hydrogens is 310 g/mol. The van der Waals surface area contributed by atoms with E-state index in [1.807, 2.05) is 23.0 Å². The summed E-state index contributed by atoms with van der Waals surface area (Å²) in [5.41, 5.74) is 4.42. The fourth-order valence-corrected chi connectivity index (χ4v) is 4.27. The minimum atomic E-state index is 0.764. The average molecular weight is 333 g/mol. The quantitative estimate of drug-likeness (QED) is 0.738. The van der Waals surface area contributed by atoms with Gasteiger partial charge in [-0.1, -0.05) is 30.3 Å². The Morgan fingerprint density at radius 3 is 2.88 bits per heavy atom. The van der Waals surface area contributed by atoms with Gasteiger partial charge in [-0.2, -0.15) is 5.10 Å². The molecule has 1 atom stereocenters. The highest BCUT2D eigenvalue weighted by molar-refractivity contribution is 5.76. The van der Waals surface area contributed by atoms with Crippen LogP contribution in [-0.2, 0) is 6.54 Å². The summed E-state index contributed by atoms with van der Waals surface area (Å²) in [4.78, 5) is 9.93. The van der Waals surface area contributed by atoms with E-state index in [0.29, 0.717) is 0 Å². The third-order valence-electron chi connectivity index (χ3n) is 5.57. The molecule has 3 aromatic rings. The van der Waals surface area contributed by atoms with Crippen molar-refractivity contribution in [1.29, 1.82) is 0 Å². The van der Waals surface area contributed by atoms with E-state index in [2.05, 4.69) is 45.4 Å². The van der Waals surface area contributed by atoms with Gasteiger partial charge in [-0.15, -0.1) is 0 Å². The first kappa shape index (κ1) is 15.0. The number of rotatable bonds is 3.